The molecule has 0 fully saturated rings. The number of ether oxygens (including phenoxy) is 5. The summed E-state index contributed by atoms with van der Waals surface area (Å²) in [5.41, 5.74) is 4.59. The number of allylic oxidation sites excluding steroid dienone is 2. The van der Waals surface area contributed by atoms with Crippen LogP contribution in [0.1, 0.15) is 55.2 Å². The number of esters is 1. The van der Waals surface area contributed by atoms with Crippen LogP contribution in [0.3, 0.4) is 0 Å². The average molecular weight is 598 g/mol. The van der Waals surface area contributed by atoms with E-state index in [1.54, 1.807) is 14.2 Å². The fourth-order valence-electron chi connectivity index (χ4n) is 6.08. The number of rotatable bonds is 12. The molecule has 8 nitrogen and oxygen atoms in total. The highest BCUT2D eigenvalue weighted by Crippen LogP contribution is 2.49. The zero-order chi connectivity index (χ0) is 31.1. The van der Waals surface area contributed by atoms with Crippen molar-refractivity contribution >= 4 is 17.5 Å². The molecular weight excluding hydrogens is 558 g/mol. The first-order valence-corrected chi connectivity index (χ1v) is 15.0. The fourth-order valence-corrected chi connectivity index (χ4v) is 6.08. The Morgan fingerprint density at radius 3 is 2.39 bits per heavy atom. The average Bonchev–Trinajstić information content (AvgIpc) is 3.05. The van der Waals surface area contributed by atoms with Gasteiger partial charge in [0.1, 0.15) is 24.9 Å². The molecule has 0 aromatic heterocycles. The maximum absolute atomic E-state index is 14.1. The number of carbonyl (C=O) groups excluding carboxylic acids is 2. The summed E-state index contributed by atoms with van der Waals surface area (Å²) in [6.07, 6.45) is 0.822. The predicted molar refractivity (Wildman–Crippen MR) is 168 cm³/mol. The van der Waals surface area contributed by atoms with E-state index in [0.717, 1.165) is 16.7 Å². The Balaban J connectivity index is 1.53. The van der Waals surface area contributed by atoms with Gasteiger partial charge in [0.15, 0.2) is 17.3 Å². The van der Waals surface area contributed by atoms with Gasteiger partial charge in [-0.25, -0.2) is 0 Å². The van der Waals surface area contributed by atoms with Gasteiger partial charge >= 0.3 is 5.97 Å². The molecule has 3 aromatic rings. The lowest BCUT2D eigenvalue weighted by molar-refractivity contribution is -0.148. The molecular formula is C36H39NO7. The minimum atomic E-state index is -0.779. The molecule has 0 saturated carbocycles. The minimum absolute atomic E-state index is 0.0442. The van der Waals surface area contributed by atoms with Crippen molar-refractivity contribution in [3.05, 3.63) is 101 Å². The Hall–Kier alpha value is -4.43. The van der Waals surface area contributed by atoms with Crippen molar-refractivity contribution < 1.29 is 33.3 Å². The monoisotopic (exact) mass is 597 g/mol. The van der Waals surface area contributed by atoms with E-state index in [1.807, 2.05) is 86.6 Å². The Morgan fingerprint density at radius 2 is 1.64 bits per heavy atom. The molecule has 2 aliphatic rings. The number of carbonyl (C=O) groups is 2. The van der Waals surface area contributed by atoms with Crippen molar-refractivity contribution in [3.8, 4) is 17.2 Å². The Labute approximate surface area is 258 Å². The second kappa shape index (κ2) is 14.4. The smallest absolute Gasteiger partial charge is 0.315 e. The summed E-state index contributed by atoms with van der Waals surface area (Å²) in [4.78, 5) is 32.7. The quantitative estimate of drug-likeness (QED) is 0.175. The van der Waals surface area contributed by atoms with E-state index in [0.29, 0.717) is 60.5 Å². The Kier molecular flexibility index (Phi) is 10.1. The summed E-state index contributed by atoms with van der Waals surface area (Å²) in [5, 5.41) is 0. The van der Waals surface area contributed by atoms with Crippen LogP contribution < -0.4 is 14.2 Å². The number of benzene rings is 3. The van der Waals surface area contributed by atoms with Gasteiger partial charge in [-0.3, -0.25) is 14.6 Å². The third-order valence-corrected chi connectivity index (χ3v) is 8.19. The van der Waals surface area contributed by atoms with E-state index in [1.165, 1.54) is 0 Å². The van der Waals surface area contributed by atoms with E-state index in [4.69, 9.17) is 28.7 Å². The lowest BCUT2D eigenvalue weighted by Crippen LogP contribution is -2.38. The molecule has 0 radical (unpaired) electrons. The first kappa shape index (κ1) is 31.0. The SMILES string of the molecule is CCOCCOC(=O)C1C(C)=NC2=C(C(=O)C[C@@H](c3ccc(OC)c(OC)c3)C2)[C@H]1c1ccccc1OCc1ccccc1. The molecule has 1 unspecified atom stereocenters. The van der Waals surface area contributed by atoms with E-state index < -0.39 is 17.8 Å². The van der Waals surface area contributed by atoms with Crippen LogP contribution >= 0.6 is 0 Å². The highest BCUT2D eigenvalue weighted by atomic mass is 16.6. The van der Waals surface area contributed by atoms with Gasteiger partial charge in [-0.05, 0) is 55.5 Å². The maximum atomic E-state index is 14.1. The maximum Gasteiger partial charge on any atom is 0.315 e. The summed E-state index contributed by atoms with van der Waals surface area (Å²) in [5.74, 6) is -0.110. The fraction of sp³-hybridized carbons (Fsp3) is 0.361. The molecule has 230 valence electrons. The standard InChI is InChI=1S/C36H39NO7/c1-5-42-17-18-43-36(39)33-23(2)37-28-19-26(25-15-16-31(40-3)32(21-25)41-4)20-29(38)35(28)34(33)27-13-9-10-14-30(27)44-22-24-11-7-6-8-12-24/h6-16,21,26,33-34H,5,17-20,22H2,1-4H3/t26-,33?,34-/m0/s1. The van der Waals surface area contributed by atoms with Crippen LogP contribution in [0.4, 0.5) is 0 Å². The summed E-state index contributed by atoms with van der Waals surface area (Å²) < 4.78 is 28.3. The van der Waals surface area contributed by atoms with Crippen LogP contribution in [0.2, 0.25) is 0 Å². The molecule has 8 heteroatoms. The van der Waals surface area contributed by atoms with E-state index in [-0.39, 0.29) is 24.7 Å². The lowest BCUT2D eigenvalue weighted by atomic mass is 9.69. The highest BCUT2D eigenvalue weighted by Gasteiger charge is 2.45. The molecule has 0 N–H and O–H groups in total. The third-order valence-electron chi connectivity index (χ3n) is 8.19. The van der Waals surface area contributed by atoms with E-state index >= 15 is 0 Å². The van der Waals surface area contributed by atoms with Crippen LogP contribution in [0.15, 0.2) is 89.1 Å². The number of Topliss-reactive ketones (excluding diaryl/α,β-unsaturated/α-hetero) is 1. The van der Waals surface area contributed by atoms with Crippen molar-refractivity contribution in [2.45, 2.75) is 45.1 Å². The zero-order valence-corrected chi connectivity index (χ0v) is 25.7. The van der Waals surface area contributed by atoms with Gasteiger partial charge in [0.05, 0.1) is 20.8 Å². The van der Waals surface area contributed by atoms with Gasteiger partial charge in [0.2, 0.25) is 0 Å². The van der Waals surface area contributed by atoms with Crippen molar-refractivity contribution in [1.29, 1.82) is 0 Å². The summed E-state index contributed by atoms with van der Waals surface area (Å²) >= 11 is 0. The first-order chi connectivity index (χ1) is 21.4. The number of ketones is 1. The number of methoxy groups -OCH3 is 2. The van der Waals surface area contributed by atoms with Crippen LogP contribution in [0.5, 0.6) is 17.2 Å². The zero-order valence-electron chi connectivity index (χ0n) is 25.7. The van der Waals surface area contributed by atoms with Crippen LogP contribution in [-0.4, -0.2) is 51.5 Å². The van der Waals surface area contributed by atoms with Crippen molar-refractivity contribution in [2.75, 3.05) is 34.0 Å². The second-order valence-corrected chi connectivity index (χ2v) is 10.9. The third kappa shape index (κ3) is 6.70. The van der Waals surface area contributed by atoms with Gasteiger partial charge in [-0.1, -0.05) is 54.6 Å². The van der Waals surface area contributed by atoms with Gasteiger partial charge in [0.25, 0.3) is 0 Å². The van der Waals surface area contributed by atoms with Crippen molar-refractivity contribution in [2.24, 2.45) is 10.9 Å². The summed E-state index contributed by atoms with van der Waals surface area (Å²) in [7, 11) is 3.19. The molecule has 0 bridgehead atoms. The first-order valence-electron chi connectivity index (χ1n) is 15.0. The van der Waals surface area contributed by atoms with Gasteiger partial charge in [-0.15, -0.1) is 0 Å². The van der Waals surface area contributed by atoms with E-state index in [9.17, 15) is 9.59 Å². The molecule has 0 spiro atoms. The molecule has 0 amide bonds. The van der Waals surface area contributed by atoms with Gasteiger partial charge < -0.3 is 23.7 Å². The normalized spacial score (nSPS) is 19.6. The van der Waals surface area contributed by atoms with Gasteiger partial charge in [0, 0.05) is 41.5 Å². The molecule has 44 heavy (non-hydrogen) atoms. The van der Waals surface area contributed by atoms with Gasteiger partial charge in [-0.2, -0.15) is 0 Å². The molecule has 5 rings (SSSR count). The summed E-state index contributed by atoms with van der Waals surface area (Å²) in [6.45, 7) is 5.02. The number of aliphatic imine (C=N–C) groups is 1. The number of nitrogens with zero attached hydrogens (tertiary/aromatic N) is 1. The highest BCUT2D eigenvalue weighted by molar-refractivity contribution is 6.09. The number of para-hydroxylation sites is 1. The van der Waals surface area contributed by atoms with Crippen LogP contribution in [-0.2, 0) is 25.7 Å². The number of hydrogen-bond acceptors (Lipinski definition) is 8. The largest absolute Gasteiger partial charge is 0.493 e. The van der Waals surface area contributed by atoms with Crippen LogP contribution in [0, 0.1) is 5.92 Å². The molecule has 3 atom stereocenters. The Morgan fingerprint density at radius 1 is 0.886 bits per heavy atom. The number of hydrogen-bond donors (Lipinski definition) is 0. The molecule has 0 saturated heterocycles. The lowest BCUT2D eigenvalue weighted by Gasteiger charge is -2.37. The topological polar surface area (TPSA) is 92.7 Å². The van der Waals surface area contributed by atoms with Crippen molar-refractivity contribution in [3.63, 3.8) is 0 Å². The molecule has 3 aromatic carbocycles. The minimum Gasteiger partial charge on any atom is -0.493 e. The van der Waals surface area contributed by atoms with E-state index in [2.05, 4.69) is 0 Å². The Bertz CT molecular complexity index is 1550. The van der Waals surface area contributed by atoms with Crippen LogP contribution in [0.25, 0.3) is 0 Å². The predicted octanol–water partition coefficient (Wildman–Crippen LogP) is 6.44. The molecule has 1 heterocycles. The molecule has 1 aliphatic heterocycles. The summed E-state index contributed by atoms with van der Waals surface area (Å²) in [6, 6.07) is 23.2. The second-order valence-electron chi connectivity index (χ2n) is 10.9. The molecule has 1 aliphatic carbocycles. The van der Waals surface area contributed by atoms with Crippen molar-refractivity contribution in [1.82, 2.24) is 0 Å².